The Morgan fingerprint density at radius 3 is 2.69 bits per heavy atom. The molecule has 0 saturated heterocycles. The fourth-order valence-corrected chi connectivity index (χ4v) is 1.08. The molecule has 0 amide bonds. The number of halogens is 1. The molecule has 0 aliphatic rings. The lowest BCUT2D eigenvalue weighted by Crippen LogP contribution is -2.05. The van der Waals surface area contributed by atoms with Crippen molar-refractivity contribution in [2.75, 3.05) is 0 Å². The van der Waals surface area contributed by atoms with Crippen molar-refractivity contribution in [3.05, 3.63) is 47.8 Å². The Kier molecular flexibility index (Phi) is 4.66. The second kappa shape index (κ2) is 6.02. The van der Waals surface area contributed by atoms with Gasteiger partial charge in [0.1, 0.15) is 5.82 Å². The molecule has 1 unspecified atom stereocenters. The molecule has 0 spiro atoms. The van der Waals surface area contributed by atoms with Crippen molar-refractivity contribution < 1.29 is 19.0 Å². The molecule has 1 aromatic carbocycles. The number of aliphatic carboxylic acids is 1. The smallest absolute Gasteiger partial charge is 0.328 e. The Labute approximate surface area is 93.2 Å². The summed E-state index contributed by atoms with van der Waals surface area (Å²) in [5.74, 6) is -1.29. The molecule has 0 radical (unpaired) electrons. The van der Waals surface area contributed by atoms with Crippen LogP contribution in [0.15, 0.2) is 36.4 Å². The predicted molar refractivity (Wildman–Crippen MR) is 57.4 cm³/mol. The van der Waals surface area contributed by atoms with Gasteiger partial charge in [0.05, 0.1) is 12.7 Å². The highest BCUT2D eigenvalue weighted by atomic mass is 19.1. The van der Waals surface area contributed by atoms with E-state index in [0.29, 0.717) is 6.61 Å². The van der Waals surface area contributed by atoms with Gasteiger partial charge in [-0.3, -0.25) is 0 Å². The first-order valence-electron chi connectivity index (χ1n) is 4.85. The van der Waals surface area contributed by atoms with Crippen molar-refractivity contribution in [1.82, 2.24) is 0 Å². The number of carboxylic acids is 1. The number of carbonyl (C=O) groups is 1. The third-order valence-corrected chi connectivity index (χ3v) is 1.94. The van der Waals surface area contributed by atoms with Crippen LogP contribution in [0.1, 0.15) is 12.5 Å². The molecule has 16 heavy (non-hydrogen) atoms. The monoisotopic (exact) mass is 224 g/mol. The minimum Gasteiger partial charge on any atom is -0.478 e. The number of rotatable bonds is 5. The summed E-state index contributed by atoms with van der Waals surface area (Å²) in [6.45, 7) is 2.06. The lowest BCUT2D eigenvalue weighted by Gasteiger charge is -2.08. The molecule has 0 aromatic heterocycles. The van der Waals surface area contributed by atoms with Gasteiger partial charge < -0.3 is 9.84 Å². The Morgan fingerprint density at radius 2 is 2.12 bits per heavy atom. The molecule has 1 atom stereocenters. The van der Waals surface area contributed by atoms with Crippen LogP contribution in [0.25, 0.3) is 0 Å². The fraction of sp³-hybridized carbons (Fsp3) is 0.250. The molecule has 0 fully saturated rings. The second-order valence-electron chi connectivity index (χ2n) is 3.34. The van der Waals surface area contributed by atoms with E-state index in [0.717, 1.165) is 11.6 Å². The highest BCUT2D eigenvalue weighted by Gasteiger charge is 1.99. The molecular formula is C12H13FO3. The van der Waals surface area contributed by atoms with Crippen molar-refractivity contribution in [3.8, 4) is 0 Å². The SMILES string of the molecule is CC(/C=C\C(=O)O)OCc1ccc(F)cc1. The average Bonchev–Trinajstić information content (AvgIpc) is 2.25. The van der Waals surface area contributed by atoms with Crippen molar-refractivity contribution in [2.24, 2.45) is 0 Å². The van der Waals surface area contributed by atoms with Crippen LogP contribution in [0.4, 0.5) is 4.39 Å². The maximum Gasteiger partial charge on any atom is 0.328 e. The molecule has 0 saturated carbocycles. The minimum atomic E-state index is -1.00. The average molecular weight is 224 g/mol. The summed E-state index contributed by atoms with van der Waals surface area (Å²) in [6.07, 6.45) is 2.20. The Bertz CT molecular complexity index is 370. The topological polar surface area (TPSA) is 46.5 Å². The van der Waals surface area contributed by atoms with Crippen LogP contribution in [0.3, 0.4) is 0 Å². The zero-order valence-corrected chi connectivity index (χ0v) is 8.89. The molecule has 0 bridgehead atoms. The van der Waals surface area contributed by atoms with Crippen LogP contribution in [0, 0.1) is 5.82 Å². The van der Waals surface area contributed by atoms with E-state index < -0.39 is 5.97 Å². The first-order valence-corrected chi connectivity index (χ1v) is 4.85. The van der Waals surface area contributed by atoms with Crippen LogP contribution in [-0.2, 0) is 16.1 Å². The molecule has 1 N–H and O–H groups in total. The summed E-state index contributed by atoms with van der Waals surface area (Å²) in [7, 11) is 0. The van der Waals surface area contributed by atoms with Gasteiger partial charge in [-0.25, -0.2) is 9.18 Å². The normalized spacial score (nSPS) is 12.9. The van der Waals surface area contributed by atoms with Gasteiger partial charge in [0.2, 0.25) is 0 Å². The van der Waals surface area contributed by atoms with Crippen molar-refractivity contribution in [3.63, 3.8) is 0 Å². The largest absolute Gasteiger partial charge is 0.478 e. The molecular weight excluding hydrogens is 211 g/mol. The van der Waals surface area contributed by atoms with Gasteiger partial charge in [-0.15, -0.1) is 0 Å². The molecule has 86 valence electrons. The van der Waals surface area contributed by atoms with E-state index in [1.165, 1.54) is 18.2 Å². The van der Waals surface area contributed by atoms with E-state index in [1.807, 2.05) is 0 Å². The second-order valence-corrected chi connectivity index (χ2v) is 3.34. The van der Waals surface area contributed by atoms with Crippen molar-refractivity contribution in [2.45, 2.75) is 19.6 Å². The molecule has 3 nitrogen and oxygen atoms in total. The van der Waals surface area contributed by atoms with Gasteiger partial charge in [-0.1, -0.05) is 12.1 Å². The van der Waals surface area contributed by atoms with Crippen LogP contribution >= 0.6 is 0 Å². The number of benzene rings is 1. The summed E-state index contributed by atoms with van der Waals surface area (Å²) in [6, 6.07) is 5.97. The summed E-state index contributed by atoms with van der Waals surface area (Å²) in [5.41, 5.74) is 0.844. The summed E-state index contributed by atoms with van der Waals surface area (Å²) in [5, 5.41) is 8.39. The van der Waals surface area contributed by atoms with Gasteiger partial charge in [-0.05, 0) is 30.7 Å². The zero-order valence-electron chi connectivity index (χ0n) is 8.89. The van der Waals surface area contributed by atoms with E-state index in [9.17, 15) is 9.18 Å². The highest BCUT2D eigenvalue weighted by Crippen LogP contribution is 2.06. The van der Waals surface area contributed by atoms with E-state index in [4.69, 9.17) is 9.84 Å². The molecule has 4 heteroatoms. The van der Waals surface area contributed by atoms with Gasteiger partial charge in [-0.2, -0.15) is 0 Å². The van der Waals surface area contributed by atoms with Crippen molar-refractivity contribution >= 4 is 5.97 Å². The quantitative estimate of drug-likeness (QED) is 0.781. The van der Waals surface area contributed by atoms with Gasteiger partial charge in [0, 0.05) is 6.08 Å². The Hall–Kier alpha value is -1.68. The first kappa shape index (κ1) is 12.4. The third kappa shape index (κ3) is 4.70. The summed E-state index contributed by atoms with van der Waals surface area (Å²) >= 11 is 0. The molecule has 1 rings (SSSR count). The van der Waals surface area contributed by atoms with Crippen molar-refractivity contribution in [1.29, 1.82) is 0 Å². The van der Waals surface area contributed by atoms with E-state index in [-0.39, 0.29) is 11.9 Å². The first-order chi connectivity index (χ1) is 7.58. The fourth-order valence-electron chi connectivity index (χ4n) is 1.08. The molecule has 0 heterocycles. The van der Waals surface area contributed by atoms with Gasteiger partial charge in [0.25, 0.3) is 0 Å². The number of hydrogen-bond donors (Lipinski definition) is 1. The summed E-state index contributed by atoms with van der Waals surface area (Å²) in [4.78, 5) is 10.2. The molecule has 0 aliphatic carbocycles. The van der Waals surface area contributed by atoms with E-state index in [1.54, 1.807) is 19.1 Å². The van der Waals surface area contributed by atoms with Crippen LogP contribution in [0.5, 0.6) is 0 Å². The zero-order chi connectivity index (χ0) is 12.0. The van der Waals surface area contributed by atoms with E-state index in [2.05, 4.69) is 0 Å². The maximum atomic E-state index is 12.6. The van der Waals surface area contributed by atoms with E-state index >= 15 is 0 Å². The standard InChI is InChI=1S/C12H13FO3/c1-9(2-7-12(14)15)16-8-10-3-5-11(13)6-4-10/h2-7,9H,8H2,1H3,(H,14,15)/b7-2-. The lowest BCUT2D eigenvalue weighted by atomic mass is 10.2. The van der Waals surface area contributed by atoms with Crippen LogP contribution < -0.4 is 0 Å². The van der Waals surface area contributed by atoms with Crippen LogP contribution in [0.2, 0.25) is 0 Å². The Balaban J connectivity index is 2.39. The molecule has 1 aromatic rings. The maximum absolute atomic E-state index is 12.6. The number of hydrogen-bond acceptors (Lipinski definition) is 2. The summed E-state index contributed by atoms with van der Waals surface area (Å²) < 4.78 is 17.9. The lowest BCUT2D eigenvalue weighted by molar-refractivity contribution is -0.131. The van der Waals surface area contributed by atoms with Crippen LogP contribution in [-0.4, -0.2) is 17.2 Å². The number of carboxylic acid groups (broad SMARTS) is 1. The minimum absolute atomic E-state index is 0.289. The number of ether oxygens (including phenoxy) is 1. The predicted octanol–water partition coefficient (Wildman–Crippen LogP) is 2.37. The highest BCUT2D eigenvalue weighted by molar-refractivity contribution is 5.79. The Morgan fingerprint density at radius 1 is 1.50 bits per heavy atom. The third-order valence-electron chi connectivity index (χ3n) is 1.94. The van der Waals surface area contributed by atoms with Gasteiger partial charge >= 0.3 is 5.97 Å². The molecule has 0 aliphatic heterocycles. The van der Waals surface area contributed by atoms with Gasteiger partial charge in [0.15, 0.2) is 0 Å².